The van der Waals surface area contributed by atoms with E-state index in [4.69, 9.17) is 0 Å². The Morgan fingerprint density at radius 2 is 1.93 bits per heavy atom. The first-order valence-corrected chi connectivity index (χ1v) is 10.3. The van der Waals surface area contributed by atoms with Gasteiger partial charge in [-0.05, 0) is 62.4 Å². The van der Waals surface area contributed by atoms with Crippen molar-refractivity contribution in [3.8, 4) is 0 Å². The highest BCUT2D eigenvalue weighted by atomic mass is 16.2. The van der Waals surface area contributed by atoms with Crippen molar-refractivity contribution in [2.45, 2.75) is 38.6 Å². The number of aromatic amines is 1. The van der Waals surface area contributed by atoms with Gasteiger partial charge >= 0.3 is 5.69 Å². The summed E-state index contributed by atoms with van der Waals surface area (Å²) < 4.78 is 1.51. The van der Waals surface area contributed by atoms with Gasteiger partial charge < -0.3 is 10.2 Å². The number of carbonyl (C=O) groups excluding carboxylic acids is 1. The molecule has 1 aliphatic carbocycles. The van der Waals surface area contributed by atoms with Crippen molar-refractivity contribution >= 4 is 28.3 Å². The number of nitrogens with one attached hydrogen (secondary N) is 2. The Hall–Kier alpha value is -3.42. The van der Waals surface area contributed by atoms with E-state index >= 15 is 0 Å². The largest absolute Gasteiger partial charge is 0.371 e. The van der Waals surface area contributed by atoms with Crippen LogP contribution in [0.3, 0.4) is 0 Å². The number of anilines is 2. The van der Waals surface area contributed by atoms with Crippen LogP contribution in [-0.4, -0.2) is 33.5 Å². The molecule has 3 heterocycles. The molecule has 30 heavy (non-hydrogen) atoms. The van der Waals surface area contributed by atoms with E-state index in [1.54, 1.807) is 0 Å². The van der Waals surface area contributed by atoms with Gasteiger partial charge in [0.2, 0.25) is 0 Å². The zero-order valence-corrected chi connectivity index (χ0v) is 16.8. The average Bonchev–Trinajstić information content (AvgIpc) is 3.40. The number of benzene rings is 1. The average molecular weight is 405 g/mol. The summed E-state index contributed by atoms with van der Waals surface area (Å²) in [5.74, 6) is -0.346. The van der Waals surface area contributed by atoms with Gasteiger partial charge in [0.25, 0.3) is 11.5 Å². The Morgan fingerprint density at radius 3 is 2.63 bits per heavy atom. The highest BCUT2D eigenvalue weighted by Crippen LogP contribution is 2.34. The number of carbonyl (C=O) groups is 1. The van der Waals surface area contributed by atoms with Gasteiger partial charge in [0, 0.05) is 36.7 Å². The molecule has 1 saturated heterocycles. The normalized spacial score (nSPS) is 16.2. The van der Waals surface area contributed by atoms with Crippen molar-refractivity contribution in [2.75, 3.05) is 23.3 Å². The molecule has 0 atom stereocenters. The lowest BCUT2D eigenvalue weighted by atomic mass is 10.1. The third kappa shape index (κ3) is 3.28. The molecule has 1 aromatic carbocycles. The number of nitrogens with zero attached hydrogens (tertiary/aromatic N) is 3. The Kier molecular flexibility index (Phi) is 4.42. The summed E-state index contributed by atoms with van der Waals surface area (Å²) in [6.45, 7) is 4.17. The number of rotatable bonds is 4. The summed E-state index contributed by atoms with van der Waals surface area (Å²) in [6.07, 6.45) is 5.61. The highest BCUT2D eigenvalue weighted by molar-refractivity contribution is 6.05. The molecule has 1 saturated carbocycles. The lowest BCUT2D eigenvalue weighted by Gasteiger charge is -2.20. The van der Waals surface area contributed by atoms with Crippen LogP contribution in [0.25, 0.3) is 11.0 Å². The number of amides is 1. The monoisotopic (exact) mass is 405 g/mol. The molecular formula is C22H23N5O3. The number of hydrogen-bond donors (Lipinski definition) is 2. The highest BCUT2D eigenvalue weighted by Gasteiger charge is 2.28. The number of hydrogen-bond acceptors (Lipinski definition) is 5. The van der Waals surface area contributed by atoms with Gasteiger partial charge in [-0.15, -0.1) is 0 Å². The number of aryl methyl sites for hydroxylation is 1. The summed E-state index contributed by atoms with van der Waals surface area (Å²) >= 11 is 0. The van der Waals surface area contributed by atoms with Gasteiger partial charge in [0.15, 0.2) is 0 Å². The van der Waals surface area contributed by atoms with Gasteiger partial charge in [-0.2, -0.15) is 0 Å². The Bertz CT molecular complexity index is 1270. The van der Waals surface area contributed by atoms with Gasteiger partial charge in [-0.3, -0.25) is 19.1 Å². The Morgan fingerprint density at radius 1 is 1.17 bits per heavy atom. The fourth-order valence-corrected chi connectivity index (χ4v) is 4.18. The van der Waals surface area contributed by atoms with Gasteiger partial charge in [0.05, 0.1) is 10.9 Å². The van der Waals surface area contributed by atoms with Crippen molar-refractivity contribution in [3.05, 3.63) is 62.4 Å². The van der Waals surface area contributed by atoms with E-state index in [0.717, 1.165) is 31.5 Å². The van der Waals surface area contributed by atoms with E-state index in [0.29, 0.717) is 11.3 Å². The SMILES string of the molecule is Cc1cc(NC(=O)c2cnc3c(c2)c(=O)[nH]c(=O)n3C2CC2)ccc1N1CCCC1. The minimum Gasteiger partial charge on any atom is -0.371 e. The maximum atomic E-state index is 12.8. The van der Waals surface area contributed by atoms with Crippen molar-refractivity contribution in [3.63, 3.8) is 0 Å². The molecule has 2 aliphatic rings. The van der Waals surface area contributed by atoms with Gasteiger partial charge in [-0.1, -0.05) is 0 Å². The summed E-state index contributed by atoms with van der Waals surface area (Å²) in [6, 6.07) is 7.46. The minimum absolute atomic E-state index is 0.0705. The number of fused-ring (bicyclic) bond motifs is 1. The van der Waals surface area contributed by atoms with E-state index in [2.05, 4.69) is 20.2 Å². The van der Waals surface area contributed by atoms with Crippen molar-refractivity contribution in [2.24, 2.45) is 0 Å². The summed E-state index contributed by atoms with van der Waals surface area (Å²) in [5.41, 5.74) is 2.62. The van der Waals surface area contributed by atoms with Gasteiger partial charge in [0.1, 0.15) is 5.65 Å². The maximum absolute atomic E-state index is 12.8. The first-order valence-electron chi connectivity index (χ1n) is 10.3. The molecule has 1 aliphatic heterocycles. The van der Waals surface area contributed by atoms with Crippen LogP contribution in [0.5, 0.6) is 0 Å². The third-order valence-corrected chi connectivity index (χ3v) is 5.85. The smallest absolute Gasteiger partial charge is 0.330 e. The van der Waals surface area contributed by atoms with E-state index in [9.17, 15) is 14.4 Å². The Labute approximate surface area is 172 Å². The molecule has 1 amide bonds. The maximum Gasteiger partial charge on any atom is 0.330 e. The van der Waals surface area contributed by atoms with E-state index in [1.807, 2.05) is 25.1 Å². The van der Waals surface area contributed by atoms with E-state index in [1.165, 1.54) is 35.4 Å². The summed E-state index contributed by atoms with van der Waals surface area (Å²) in [7, 11) is 0. The van der Waals surface area contributed by atoms with Crippen LogP contribution in [0.1, 0.15) is 47.6 Å². The zero-order valence-electron chi connectivity index (χ0n) is 16.8. The van der Waals surface area contributed by atoms with E-state index < -0.39 is 11.2 Å². The summed E-state index contributed by atoms with van der Waals surface area (Å²) in [5, 5.41) is 3.13. The number of aromatic nitrogens is 3. The molecule has 2 fully saturated rings. The molecule has 0 unspecified atom stereocenters. The standard InChI is InChI=1S/C22H23N5O3/c1-13-10-15(4-7-18(13)26-8-2-3-9-26)24-20(28)14-11-17-19(23-12-14)27(16-5-6-16)22(30)25-21(17)29/h4,7,10-12,16H,2-3,5-6,8-9H2,1H3,(H,24,28)(H,25,29,30). The molecule has 0 radical (unpaired) electrons. The second-order valence-electron chi connectivity index (χ2n) is 8.11. The molecule has 2 N–H and O–H groups in total. The third-order valence-electron chi connectivity index (χ3n) is 5.85. The minimum atomic E-state index is -0.528. The van der Waals surface area contributed by atoms with Gasteiger partial charge in [-0.25, -0.2) is 9.78 Å². The van der Waals surface area contributed by atoms with Crippen LogP contribution in [0.2, 0.25) is 0 Å². The summed E-state index contributed by atoms with van der Waals surface area (Å²) in [4.78, 5) is 46.2. The molecule has 5 rings (SSSR count). The fourth-order valence-electron chi connectivity index (χ4n) is 4.18. The number of H-pyrrole nitrogens is 1. The topological polar surface area (TPSA) is 100 Å². The molecule has 0 bridgehead atoms. The van der Waals surface area contributed by atoms with Crippen LogP contribution in [0, 0.1) is 6.92 Å². The van der Waals surface area contributed by atoms with Crippen LogP contribution in [0.4, 0.5) is 11.4 Å². The van der Waals surface area contributed by atoms with Crippen molar-refractivity contribution in [1.82, 2.24) is 14.5 Å². The van der Waals surface area contributed by atoms with Crippen molar-refractivity contribution < 1.29 is 4.79 Å². The molecule has 8 heteroatoms. The van der Waals surface area contributed by atoms with Crippen LogP contribution < -0.4 is 21.5 Å². The molecule has 3 aromatic rings. The second-order valence-corrected chi connectivity index (χ2v) is 8.11. The predicted octanol–water partition coefficient (Wildman–Crippen LogP) is 2.58. The molecule has 154 valence electrons. The van der Waals surface area contributed by atoms with Crippen molar-refractivity contribution in [1.29, 1.82) is 0 Å². The van der Waals surface area contributed by atoms with Crippen LogP contribution in [-0.2, 0) is 0 Å². The lowest BCUT2D eigenvalue weighted by Crippen LogP contribution is -2.30. The predicted molar refractivity (Wildman–Crippen MR) is 115 cm³/mol. The molecular weight excluding hydrogens is 382 g/mol. The fraction of sp³-hybridized carbons (Fsp3) is 0.364. The first-order chi connectivity index (χ1) is 14.5. The Balaban J connectivity index is 1.43. The molecule has 0 spiro atoms. The first kappa shape index (κ1) is 18.6. The number of pyridine rings is 1. The lowest BCUT2D eigenvalue weighted by molar-refractivity contribution is 0.102. The van der Waals surface area contributed by atoms with Crippen LogP contribution >= 0.6 is 0 Å². The second kappa shape index (κ2) is 7.12. The zero-order chi connectivity index (χ0) is 20.8. The molecule has 2 aromatic heterocycles. The quantitative estimate of drug-likeness (QED) is 0.695. The van der Waals surface area contributed by atoms with E-state index in [-0.39, 0.29) is 22.9 Å². The van der Waals surface area contributed by atoms with Crippen LogP contribution in [0.15, 0.2) is 40.1 Å². The molecule has 8 nitrogen and oxygen atoms in total.